The van der Waals surface area contributed by atoms with Crippen molar-refractivity contribution in [3.8, 4) is 0 Å². The molecule has 25 heavy (non-hydrogen) atoms. The molecule has 0 aromatic carbocycles. The zero-order chi connectivity index (χ0) is 18.6. The SMILES string of the molecule is CCn1cc(NC(=O)Cn2cc(C(=O)O)cn2)c(C(=O)NC(C)C)n1. The maximum absolute atomic E-state index is 12.2. The van der Waals surface area contributed by atoms with Gasteiger partial charge in [0.25, 0.3) is 5.91 Å². The van der Waals surface area contributed by atoms with Crippen LogP contribution in [0.3, 0.4) is 0 Å². The third-order valence-corrected chi connectivity index (χ3v) is 3.18. The second-order valence-corrected chi connectivity index (χ2v) is 5.66. The summed E-state index contributed by atoms with van der Waals surface area (Å²) < 4.78 is 2.75. The zero-order valence-electron chi connectivity index (χ0n) is 14.2. The van der Waals surface area contributed by atoms with Gasteiger partial charge in [0.2, 0.25) is 5.91 Å². The average Bonchev–Trinajstić information content (AvgIpc) is 3.13. The lowest BCUT2D eigenvalue weighted by Crippen LogP contribution is -2.31. The van der Waals surface area contributed by atoms with Crippen LogP contribution in [0.2, 0.25) is 0 Å². The van der Waals surface area contributed by atoms with E-state index in [9.17, 15) is 14.4 Å². The first-order valence-corrected chi connectivity index (χ1v) is 7.74. The van der Waals surface area contributed by atoms with Gasteiger partial charge in [0.1, 0.15) is 6.54 Å². The van der Waals surface area contributed by atoms with Crippen molar-refractivity contribution in [2.24, 2.45) is 0 Å². The Labute approximate surface area is 143 Å². The predicted octanol–water partition coefficient (Wildman–Crippen LogP) is 0.575. The molecule has 2 heterocycles. The van der Waals surface area contributed by atoms with Gasteiger partial charge in [-0.2, -0.15) is 10.2 Å². The van der Waals surface area contributed by atoms with E-state index in [2.05, 4.69) is 20.8 Å². The third kappa shape index (κ3) is 4.66. The van der Waals surface area contributed by atoms with E-state index in [1.807, 2.05) is 20.8 Å². The van der Waals surface area contributed by atoms with Crippen molar-refractivity contribution in [1.82, 2.24) is 24.9 Å². The molecule has 2 amide bonds. The second-order valence-electron chi connectivity index (χ2n) is 5.66. The molecule has 10 nitrogen and oxygen atoms in total. The van der Waals surface area contributed by atoms with E-state index in [1.165, 1.54) is 10.9 Å². The highest BCUT2D eigenvalue weighted by Gasteiger charge is 2.19. The Bertz CT molecular complexity index is 792. The fourth-order valence-corrected chi connectivity index (χ4v) is 2.07. The van der Waals surface area contributed by atoms with Crippen molar-refractivity contribution in [3.05, 3.63) is 29.8 Å². The first kappa shape index (κ1) is 18.2. The van der Waals surface area contributed by atoms with E-state index < -0.39 is 11.9 Å². The van der Waals surface area contributed by atoms with Crippen LogP contribution in [-0.4, -0.2) is 48.5 Å². The lowest BCUT2D eigenvalue weighted by Gasteiger charge is -2.08. The lowest BCUT2D eigenvalue weighted by atomic mass is 10.3. The average molecular weight is 348 g/mol. The van der Waals surface area contributed by atoms with Gasteiger partial charge < -0.3 is 15.7 Å². The number of hydrogen-bond acceptors (Lipinski definition) is 5. The number of nitrogens with one attached hydrogen (secondary N) is 2. The molecule has 10 heteroatoms. The van der Waals surface area contributed by atoms with Gasteiger partial charge in [-0.05, 0) is 20.8 Å². The van der Waals surface area contributed by atoms with Crippen LogP contribution in [0.1, 0.15) is 41.6 Å². The van der Waals surface area contributed by atoms with Crippen LogP contribution in [0.5, 0.6) is 0 Å². The number of amides is 2. The van der Waals surface area contributed by atoms with Gasteiger partial charge in [0, 0.05) is 25.0 Å². The molecule has 0 saturated carbocycles. The second kappa shape index (κ2) is 7.60. The molecule has 0 atom stereocenters. The van der Waals surface area contributed by atoms with Crippen molar-refractivity contribution in [3.63, 3.8) is 0 Å². The molecule has 2 aromatic heterocycles. The maximum Gasteiger partial charge on any atom is 0.338 e. The molecule has 0 saturated heterocycles. The van der Waals surface area contributed by atoms with Gasteiger partial charge in [0.15, 0.2) is 5.69 Å². The van der Waals surface area contributed by atoms with Crippen molar-refractivity contribution in [2.45, 2.75) is 39.9 Å². The van der Waals surface area contributed by atoms with E-state index in [4.69, 9.17) is 5.11 Å². The molecule has 0 aliphatic rings. The first-order chi connectivity index (χ1) is 11.8. The van der Waals surface area contributed by atoms with Crippen LogP contribution in [-0.2, 0) is 17.9 Å². The summed E-state index contributed by atoms with van der Waals surface area (Å²) in [4.78, 5) is 35.2. The van der Waals surface area contributed by atoms with Gasteiger partial charge in [-0.25, -0.2) is 4.79 Å². The topological polar surface area (TPSA) is 131 Å². The molecule has 134 valence electrons. The Morgan fingerprint density at radius 3 is 2.52 bits per heavy atom. The summed E-state index contributed by atoms with van der Waals surface area (Å²) in [7, 11) is 0. The van der Waals surface area contributed by atoms with Gasteiger partial charge in [-0.3, -0.25) is 19.0 Å². The third-order valence-electron chi connectivity index (χ3n) is 3.18. The van der Waals surface area contributed by atoms with E-state index in [0.717, 1.165) is 6.20 Å². The number of anilines is 1. The molecule has 3 N–H and O–H groups in total. The minimum Gasteiger partial charge on any atom is -0.478 e. The Balaban J connectivity index is 2.12. The molecule has 0 spiro atoms. The number of aromatic carboxylic acids is 1. The fourth-order valence-electron chi connectivity index (χ4n) is 2.07. The summed E-state index contributed by atoms with van der Waals surface area (Å²) in [6, 6.07) is -0.0682. The van der Waals surface area contributed by atoms with Crippen molar-refractivity contribution >= 4 is 23.5 Å². The predicted molar refractivity (Wildman–Crippen MR) is 88.3 cm³/mol. The molecular formula is C15H20N6O4. The molecule has 0 fully saturated rings. The summed E-state index contributed by atoms with van der Waals surface area (Å²) in [6.45, 7) is 5.87. The molecular weight excluding hydrogens is 328 g/mol. The number of nitrogens with zero attached hydrogens (tertiary/aromatic N) is 4. The summed E-state index contributed by atoms with van der Waals surface area (Å²) in [5.74, 6) is -1.96. The maximum atomic E-state index is 12.2. The summed E-state index contributed by atoms with van der Waals surface area (Å²) in [6.07, 6.45) is 3.98. The van der Waals surface area contributed by atoms with Gasteiger partial charge in [-0.1, -0.05) is 0 Å². The Morgan fingerprint density at radius 2 is 1.96 bits per heavy atom. The Hall–Kier alpha value is -3.17. The molecule has 0 radical (unpaired) electrons. The lowest BCUT2D eigenvalue weighted by molar-refractivity contribution is -0.116. The Morgan fingerprint density at radius 1 is 1.24 bits per heavy atom. The molecule has 0 unspecified atom stereocenters. The zero-order valence-corrected chi connectivity index (χ0v) is 14.2. The highest BCUT2D eigenvalue weighted by atomic mass is 16.4. The normalized spacial score (nSPS) is 10.7. The molecule has 2 aromatic rings. The van der Waals surface area contributed by atoms with Crippen molar-refractivity contribution in [1.29, 1.82) is 0 Å². The van der Waals surface area contributed by atoms with Crippen LogP contribution in [0.15, 0.2) is 18.6 Å². The summed E-state index contributed by atoms with van der Waals surface area (Å²) >= 11 is 0. The monoisotopic (exact) mass is 348 g/mol. The molecule has 0 aliphatic carbocycles. The van der Waals surface area contributed by atoms with Crippen LogP contribution in [0.25, 0.3) is 0 Å². The minimum absolute atomic E-state index is 0.0106. The summed E-state index contributed by atoms with van der Waals surface area (Å²) in [5.41, 5.74) is 0.398. The molecule has 0 aliphatic heterocycles. The van der Waals surface area contributed by atoms with Crippen molar-refractivity contribution < 1.29 is 19.5 Å². The number of rotatable bonds is 7. The molecule has 2 rings (SSSR count). The van der Waals surface area contributed by atoms with E-state index >= 15 is 0 Å². The minimum atomic E-state index is -1.12. The number of carbonyl (C=O) groups excluding carboxylic acids is 2. The number of carboxylic acid groups (broad SMARTS) is 1. The number of carbonyl (C=O) groups is 3. The fraction of sp³-hybridized carbons (Fsp3) is 0.400. The number of hydrogen-bond donors (Lipinski definition) is 3. The van der Waals surface area contributed by atoms with Crippen LogP contribution in [0.4, 0.5) is 5.69 Å². The van der Waals surface area contributed by atoms with E-state index in [1.54, 1.807) is 10.9 Å². The van der Waals surface area contributed by atoms with Gasteiger partial charge >= 0.3 is 5.97 Å². The first-order valence-electron chi connectivity index (χ1n) is 7.74. The van der Waals surface area contributed by atoms with Crippen LogP contribution < -0.4 is 10.6 Å². The smallest absolute Gasteiger partial charge is 0.338 e. The number of aryl methyl sites for hydroxylation is 1. The Kier molecular flexibility index (Phi) is 5.52. The van der Waals surface area contributed by atoms with Crippen LogP contribution in [0, 0.1) is 0 Å². The van der Waals surface area contributed by atoms with Gasteiger partial charge in [-0.15, -0.1) is 0 Å². The highest BCUT2D eigenvalue weighted by molar-refractivity contribution is 6.02. The largest absolute Gasteiger partial charge is 0.478 e. The van der Waals surface area contributed by atoms with E-state index in [0.29, 0.717) is 6.54 Å². The van der Waals surface area contributed by atoms with Crippen LogP contribution >= 0.6 is 0 Å². The summed E-state index contributed by atoms with van der Waals surface area (Å²) in [5, 5.41) is 22.2. The quantitative estimate of drug-likeness (QED) is 0.670. The standard InChI is InChI=1S/C15H20N6O4/c1-4-20-7-11(13(19-20)14(23)17-9(2)3)18-12(22)8-21-6-10(5-16-21)15(24)25/h5-7,9H,4,8H2,1-3H3,(H,17,23)(H,18,22)(H,24,25). The number of carboxylic acids is 1. The molecule has 0 bridgehead atoms. The number of aromatic nitrogens is 4. The highest BCUT2D eigenvalue weighted by Crippen LogP contribution is 2.14. The van der Waals surface area contributed by atoms with Gasteiger partial charge in [0.05, 0.1) is 17.4 Å². The van der Waals surface area contributed by atoms with Crippen molar-refractivity contribution in [2.75, 3.05) is 5.32 Å². The van der Waals surface area contributed by atoms with E-state index in [-0.39, 0.29) is 35.4 Å².